The molecule has 0 saturated carbocycles. The number of nitrogens with zero attached hydrogens (tertiary/aromatic N) is 3. The van der Waals surface area contributed by atoms with E-state index < -0.39 is 11.9 Å². The van der Waals surface area contributed by atoms with Crippen LogP contribution in [0.1, 0.15) is 19.8 Å². The van der Waals surface area contributed by atoms with Crippen LogP contribution in [0, 0.1) is 17.2 Å². The Hall–Kier alpha value is -2.70. The highest BCUT2D eigenvalue weighted by Crippen LogP contribution is 2.37. The molecule has 9 heteroatoms. The van der Waals surface area contributed by atoms with Crippen molar-refractivity contribution >= 4 is 29.3 Å². The van der Waals surface area contributed by atoms with Gasteiger partial charge in [-0.05, 0) is 39.6 Å². The Morgan fingerprint density at radius 1 is 1.45 bits per heavy atom. The smallest absolute Gasteiger partial charge is 0.323 e. The van der Waals surface area contributed by atoms with Crippen molar-refractivity contribution in [1.29, 1.82) is 5.26 Å². The summed E-state index contributed by atoms with van der Waals surface area (Å²) in [6.45, 7) is 8.10. The molecule has 0 bridgehead atoms. The van der Waals surface area contributed by atoms with Gasteiger partial charge in [0.05, 0.1) is 16.7 Å². The Morgan fingerprint density at radius 3 is 2.91 bits per heavy atom. The summed E-state index contributed by atoms with van der Waals surface area (Å²) < 4.78 is 10.8. The van der Waals surface area contributed by atoms with Crippen LogP contribution in [-0.2, 0) is 14.3 Å². The van der Waals surface area contributed by atoms with E-state index in [1.807, 2.05) is 51.4 Å². The maximum Gasteiger partial charge on any atom is 0.323 e. The van der Waals surface area contributed by atoms with E-state index in [2.05, 4.69) is 16.8 Å². The Bertz CT molecular complexity index is 842. The van der Waals surface area contributed by atoms with Gasteiger partial charge in [0.2, 0.25) is 5.91 Å². The number of anilines is 1. The molecular weight excluding hydrogens is 440 g/mol. The molecule has 0 spiro atoms. The van der Waals surface area contributed by atoms with Crippen LogP contribution in [0.4, 0.5) is 5.69 Å². The van der Waals surface area contributed by atoms with Gasteiger partial charge < -0.3 is 24.6 Å². The maximum atomic E-state index is 12.9. The molecule has 8 nitrogen and oxygen atoms in total. The number of carbonyl (C=O) groups excluding carboxylic acids is 2. The highest BCUT2D eigenvalue weighted by atomic mass is 32.2. The number of likely N-dealkylation sites (N-methyl/N-ethyl adjacent to an activating group) is 1. The zero-order valence-electron chi connectivity index (χ0n) is 19.7. The second-order valence-electron chi connectivity index (χ2n) is 7.93. The molecule has 1 heterocycles. The standard InChI is InChI=1S/C24H34N4O4S/c1-5-13-32-24(30)18(17-25)15-22-28(6-2)23(29)21(33-22)10-11-26-19-8-7-9-20(16-19)31-14-12-27(3)4/h5,7-9,16,18,21-22,26H,1,6,10-15H2,2-4H3. The first kappa shape index (κ1) is 26.6. The third kappa shape index (κ3) is 8.30. The molecule has 1 N–H and O–H groups in total. The second kappa shape index (κ2) is 13.8. The Balaban J connectivity index is 1.87. The molecule has 2 rings (SSSR count). The fourth-order valence-electron chi connectivity index (χ4n) is 3.42. The molecule has 1 aromatic carbocycles. The third-order valence-electron chi connectivity index (χ3n) is 5.17. The molecule has 1 fully saturated rings. The largest absolute Gasteiger partial charge is 0.492 e. The van der Waals surface area contributed by atoms with Crippen molar-refractivity contribution in [3.8, 4) is 11.8 Å². The van der Waals surface area contributed by atoms with Crippen molar-refractivity contribution in [1.82, 2.24) is 9.80 Å². The van der Waals surface area contributed by atoms with E-state index in [0.29, 0.717) is 26.1 Å². The lowest BCUT2D eigenvalue weighted by molar-refractivity contribution is -0.146. The van der Waals surface area contributed by atoms with Gasteiger partial charge in [0.1, 0.15) is 24.9 Å². The van der Waals surface area contributed by atoms with Crippen molar-refractivity contribution in [2.24, 2.45) is 5.92 Å². The van der Waals surface area contributed by atoms with Gasteiger partial charge in [0, 0.05) is 37.8 Å². The van der Waals surface area contributed by atoms with E-state index in [0.717, 1.165) is 18.0 Å². The molecule has 3 atom stereocenters. The minimum atomic E-state index is -0.906. The highest BCUT2D eigenvalue weighted by Gasteiger charge is 2.41. The lowest BCUT2D eigenvalue weighted by Crippen LogP contribution is -2.36. The molecule has 1 aliphatic rings. The fraction of sp³-hybridized carbons (Fsp3) is 0.542. The molecular formula is C24H34N4O4S. The van der Waals surface area contributed by atoms with Crippen molar-refractivity contribution in [2.45, 2.75) is 30.4 Å². The molecule has 33 heavy (non-hydrogen) atoms. The predicted molar refractivity (Wildman–Crippen MR) is 131 cm³/mol. The Morgan fingerprint density at radius 2 is 2.24 bits per heavy atom. The number of amides is 1. The van der Waals surface area contributed by atoms with Crippen LogP contribution in [0.2, 0.25) is 0 Å². The Labute approximate surface area is 200 Å². The minimum absolute atomic E-state index is 0.0474. The molecule has 1 saturated heterocycles. The number of hydrogen-bond donors (Lipinski definition) is 1. The third-order valence-corrected chi connectivity index (χ3v) is 6.69. The van der Waals surface area contributed by atoms with Crippen molar-refractivity contribution in [3.05, 3.63) is 36.9 Å². The lowest BCUT2D eigenvalue weighted by atomic mass is 10.1. The van der Waals surface area contributed by atoms with Gasteiger partial charge in [-0.2, -0.15) is 5.26 Å². The maximum absolute atomic E-state index is 12.9. The summed E-state index contributed by atoms with van der Waals surface area (Å²) in [6, 6.07) is 9.79. The van der Waals surface area contributed by atoms with E-state index in [1.54, 1.807) is 4.90 Å². The first-order valence-electron chi connectivity index (χ1n) is 11.1. The number of rotatable bonds is 14. The number of esters is 1. The first-order valence-corrected chi connectivity index (χ1v) is 12.1. The quantitative estimate of drug-likeness (QED) is 0.325. The number of carbonyl (C=O) groups is 2. The van der Waals surface area contributed by atoms with E-state index in [1.165, 1.54) is 17.8 Å². The van der Waals surface area contributed by atoms with Crippen LogP contribution in [0.15, 0.2) is 36.9 Å². The summed E-state index contributed by atoms with van der Waals surface area (Å²) in [5.74, 6) is -0.627. The summed E-state index contributed by atoms with van der Waals surface area (Å²) in [7, 11) is 4.01. The van der Waals surface area contributed by atoms with Gasteiger partial charge in [0.15, 0.2) is 0 Å². The van der Waals surface area contributed by atoms with Gasteiger partial charge >= 0.3 is 5.97 Å². The summed E-state index contributed by atoms with van der Waals surface area (Å²) >= 11 is 1.52. The molecule has 0 aromatic heterocycles. The van der Waals surface area contributed by atoms with Crippen LogP contribution >= 0.6 is 11.8 Å². The number of thioether (sulfide) groups is 1. The Kier molecular flexibility index (Phi) is 11.1. The molecule has 1 amide bonds. The number of nitriles is 1. The normalized spacial score (nSPS) is 18.6. The first-order chi connectivity index (χ1) is 15.9. The van der Waals surface area contributed by atoms with E-state index >= 15 is 0 Å². The molecule has 3 unspecified atom stereocenters. The minimum Gasteiger partial charge on any atom is -0.492 e. The molecule has 0 radical (unpaired) electrons. The van der Waals surface area contributed by atoms with E-state index in [-0.39, 0.29) is 29.6 Å². The topological polar surface area (TPSA) is 94.9 Å². The molecule has 1 aliphatic heterocycles. The van der Waals surface area contributed by atoms with Gasteiger partial charge in [0.25, 0.3) is 0 Å². The van der Waals surface area contributed by atoms with Crippen LogP contribution in [0.25, 0.3) is 0 Å². The zero-order valence-corrected chi connectivity index (χ0v) is 20.5. The van der Waals surface area contributed by atoms with Crippen LogP contribution in [0.3, 0.4) is 0 Å². The summed E-state index contributed by atoms with van der Waals surface area (Å²) in [5, 5.41) is 12.3. The number of ether oxygens (including phenoxy) is 2. The van der Waals surface area contributed by atoms with Gasteiger partial charge in [-0.15, -0.1) is 11.8 Å². The summed E-state index contributed by atoms with van der Waals surface area (Å²) in [4.78, 5) is 28.8. The average molecular weight is 475 g/mol. The number of nitrogens with one attached hydrogen (secondary N) is 1. The fourth-order valence-corrected chi connectivity index (χ4v) is 5.00. The van der Waals surface area contributed by atoms with Crippen LogP contribution in [-0.4, -0.2) is 79.2 Å². The molecule has 1 aromatic rings. The lowest BCUT2D eigenvalue weighted by Gasteiger charge is -2.23. The van der Waals surface area contributed by atoms with Crippen molar-refractivity contribution < 1.29 is 19.1 Å². The summed E-state index contributed by atoms with van der Waals surface area (Å²) in [6.07, 6.45) is 2.36. The van der Waals surface area contributed by atoms with E-state index in [4.69, 9.17) is 9.47 Å². The highest BCUT2D eigenvalue weighted by molar-refractivity contribution is 8.01. The van der Waals surface area contributed by atoms with Crippen molar-refractivity contribution in [3.63, 3.8) is 0 Å². The monoisotopic (exact) mass is 474 g/mol. The average Bonchev–Trinajstić information content (AvgIpc) is 3.09. The predicted octanol–water partition coefficient (Wildman–Crippen LogP) is 2.98. The SMILES string of the molecule is C=CCOC(=O)C(C#N)CC1SC(CCNc2cccc(OCCN(C)C)c2)C(=O)N1CC. The second-order valence-corrected chi connectivity index (χ2v) is 9.32. The molecule has 0 aliphatic carbocycles. The van der Waals surface area contributed by atoms with Crippen molar-refractivity contribution in [2.75, 3.05) is 52.3 Å². The number of benzene rings is 1. The van der Waals surface area contributed by atoms with E-state index in [9.17, 15) is 14.9 Å². The summed E-state index contributed by atoms with van der Waals surface area (Å²) in [5.41, 5.74) is 0.936. The van der Waals surface area contributed by atoms with Gasteiger partial charge in [-0.3, -0.25) is 9.59 Å². The van der Waals surface area contributed by atoms with Crippen LogP contribution in [0.5, 0.6) is 5.75 Å². The molecule has 180 valence electrons. The van der Waals surface area contributed by atoms with Gasteiger partial charge in [-0.1, -0.05) is 18.7 Å². The number of hydrogen-bond acceptors (Lipinski definition) is 8. The van der Waals surface area contributed by atoms with Crippen LogP contribution < -0.4 is 10.1 Å². The zero-order chi connectivity index (χ0) is 24.2. The van der Waals surface area contributed by atoms with Gasteiger partial charge in [-0.25, -0.2) is 0 Å².